The van der Waals surface area contributed by atoms with Crippen molar-refractivity contribution in [3.8, 4) is 0 Å². The first-order valence-corrected chi connectivity index (χ1v) is 5.33. The van der Waals surface area contributed by atoms with Gasteiger partial charge in [-0.1, -0.05) is 0 Å². The van der Waals surface area contributed by atoms with Crippen LogP contribution in [0.4, 0.5) is 11.4 Å². The van der Waals surface area contributed by atoms with Crippen LogP contribution in [0.15, 0.2) is 36.7 Å². The average Bonchev–Trinajstić information content (AvgIpc) is 2.76. The second-order valence-electron chi connectivity index (χ2n) is 3.77. The van der Waals surface area contributed by atoms with Gasteiger partial charge in [0.25, 0.3) is 0 Å². The number of nitrogen functional groups attached to an aromatic ring is 1. The van der Waals surface area contributed by atoms with Gasteiger partial charge in [0.15, 0.2) is 0 Å². The Labute approximate surface area is 95.1 Å². The van der Waals surface area contributed by atoms with E-state index in [1.807, 2.05) is 36.0 Å². The molecule has 0 unspecified atom stereocenters. The molecule has 3 N–H and O–H groups in total. The van der Waals surface area contributed by atoms with Crippen molar-refractivity contribution in [2.24, 2.45) is 0 Å². The highest BCUT2D eigenvalue weighted by Crippen LogP contribution is 2.16. The fourth-order valence-corrected chi connectivity index (χ4v) is 1.53. The molecular weight excluding hydrogens is 200 g/mol. The Hall–Kier alpha value is -1.97. The summed E-state index contributed by atoms with van der Waals surface area (Å²) in [6.45, 7) is 3.72. The summed E-state index contributed by atoms with van der Waals surface area (Å²) in [5.41, 5.74) is 8.78. The molecule has 0 atom stereocenters. The lowest BCUT2D eigenvalue weighted by Gasteiger charge is -2.08. The zero-order valence-corrected chi connectivity index (χ0v) is 9.35. The SMILES string of the molecule is Cc1cc(NCCn2cccn2)ccc1N. The number of anilines is 2. The molecule has 0 radical (unpaired) electrons. The zero-order chi connectivity index (χ0) is 11.4. The highest BCUT2D eigenvalue weighted by Gasteiger charge is 1.96. The average molecular weight is 216 g/mol. The van der Waals surface area contributed by atoms with Crippen molar-refractivity contribution in [3.63, 3.8) is 0 Å². The van der Waals surface area contributed by atoms with Crippen LogP contribution < -0.4 is 11.1 Å². The zero-order valence-electron chi connectivity index (χ0n) is 9.35. The van der Waals surface area contributed by atoms with Crippen LogP contribution in [-0.2, 0) is 6.54 Å². The molecule has 0 fully saturated rings. The van der Waals surface area contributed by atoms with Crippen molar-refractivity contribution < 1.29 is 0 Å². The summed E-state index contributed by atoms with van der Waals surface area (Å²) in [6.07, 6.45) is 3.74. The van der Waals surface area contributed by atoms with Crippen LogP contribution in [0.3, 0.4) is 0 Å². The maximum atomic E-state index is 5.75. The van der Waals surface area contributed by atoms with E-state index in [1.54, 1.807) is 6.20 Å². The monoisotopic (exact) mass is 216 g/mol. The second-order valence-corrected chi connectivity index (χ2v) is 3.77. The summed E-state index contributed by atoms with van der Waals surface area (Å²) in [4.78, 5) is 0. The van der Waals surface area contributed by atoms with E-state index >= 15 is 0 Å². The Balaban J connectivity index is 1.87. The summed E-state index contributed by atoms with van der Waals surface area (Å²) < 4.78 is 1.90. The molecule has 1 aromatic carbocycles. The van der Waals surface area contributed by atoms with Gasteiger partial charge in [-0.2, -0.15) is 5.10 Å². The van der Waals surface area contributed by atoms with Gasteiger partial charge >= 0.3 is 0 Å². The number of nitrogens with one attached hydrogen (secondary N) is 1. The number of hydrogen-bond donors (Lipinski definition) is 2. The Bertz CT molecular complexity index is 448. The van der Waals surface area contributed by atoms with E-state index in [0.29, 0.717) is 0 Å². The number of aromatic nitrogens is 2. The molecule has 1 aromatic heterocycles. The van der Waals surface area contributed by atoms with Gasteiger partial charge in [0.05, 0.1) is 6.54 Å². The van der Waals surface area contributed by atoms with E-state index < -0.39 is 0 Å². The minimum Gasteiger partial charge on any atom is -0.399 e. The smallest absolute Gasteiger partial charge is 0.0582 e. The third-order valence-corrected chi connectivity index (χ3v) is 2.50. The lowest BCUT2D eigenvalue weighted by Crippen LogP contribution is -2.10. The summed E-state index contributed by atoms with van der Waals surface area (Å²) in [7, 11) is 0. The highest BCUT2D eigenvalue weighted by atomic mass is 15.3. The molecule has 0 spiro atoms. The number of nitrogens with two attached hydrogens (primary N) is 1. The fourth-order valence-electron chi connectivity index (χ4n) is 1.53. The van der Waals surface area contributed by atoms with E-state index in [4.69, 9.17) is 5.73 Å². The van der Waals surface area contributed by atoms with E-state index in [2.05, 4.69) is 16.5 Å². The van der Waals surface area contributed by atoms with Gasteiger partial charge in [0.2, 0.25) is 0 Å². The van der Waals surface area contributed by atoms with Gasteiger partial charge in [0, 0.05) is 30.3 Å². The first-order valence-electron chi connectivity index (χ1n) is 5.33. The first-order chi connectivity index (χ1) is 7.75. The molecule has 0 aliphatic heterocycles. The van der Waals surface area contributed by atoms with Gasteiger partial charge in [-0.05, 0) is 36.8 Å². The van der Waals surface area contributed by atoms with Crippen LogP contribution in [0, 0.1) is 6.92 Å². The number of rotatable bonds is 4. The molecule has 2 aromatic rings. The molecule has 1 heterocycles. The molecule has 4 nitrogen and oxygen atoms in total. The summed E-state index contributed by atoms with van der Waals surface area (Å²) in [6, 6.07) is 7.89. The summed E-state index contributed by atoms with van der Waals surface area (Å²) in [5.74, 6) is 0. The highest BCUT2D eigenvalue weighted by molar-refractivity contribution is 5.56. The number of aryl methyl sites for hydroxylation is 1. The lowest BCUT2D eigenvalue weighted by molar-refractivity contribution is 0.638. The van der Waals surface area contributed by atoms with Crippen LogP contribution >= 0.6 is 0 Å². The van der Waals surface area contributed by atoms with Gasteiger partial charge in [0.1, 0.15) is 0 Å². The topological polar surface area (TPSA) is 55.9 Å². The molecule has 0 saturated carbocycles. The standard InChI is InChI=1S/C12H16N4/c1-10-9-11(3-4-12(10)13)14-6-8-16-7-2-5-15-16/h2-5,7,9,14H,6,8,13H2,1H3. The molecule has 0 aliphatic rings. The van der Waals surface area contributed by atoms with Crippen LogP contribution in [0.2, 0.25) is 0 Å². The first kappa shape index (κ1) is 10.5. The fraction of sp³-hybridized carbons (Fsp3) is 0.250. The quantitative estimate of drug-likeness (QED) is 0.767. The number of hydrogen-bond acceptors (Lipinski definition) is 3. The molecular formula is C12H16N4. The van der Waals surface area contributed by atoms with E-state index in [1.165, 1.54) is 0 Å². The van der Waals surface area contributed by atoms with E-state index in [9.17, 15) is 0 Å². The normalized spacial score (nSPS) is 10.3. The Morgan fingerprint density at radius 3 is 3.00 bits per heavy atom. The Morgan fingerprint density at radius 1 is 1.44 bits per heavy atom. The number of benzene rings is 1. The molecule has 16 heavy (non-hydrogen) atoms. The summed E-state index contributed by atoms with van der Waals surface area (Å²) >= 11 is 0. The lowest BCUT2D eigenvalue weighted by atomic mass is 10.2. The van der Waals surface area contributed by atoms with Crippen molar-refractivity contribution in [2.75, 3.05) is 17.6 Å². The Morgan fingerprint density at radius 2 is 2.31 bits per heavy atom. The largest absolute Gasteiger partial charge is 0.399 e. The van der Waals surface area contributed by atoms with Crippen LogP contribution in [-0.4, -0.2) is 16.3 Å². The minimum absolute atomic E-state index is 0.831. The van der Waals surface area contributed by atoms with Crippen LogP contribution in [0.25, 0.3) is 0 Å². The van der Waals surface area contributed by atoms with Gasteiger partial charge < -0.3 is 11.1 Å². The molecule has 0 aliphatic carbocycles. The van der Waals surface area contributed by atoms with Gasteiger partial charge in [-0.15, -0.1) is 0 Å². The van der Waals surface area contributed by atoms with E-state index in [0.717, 1.165) is 30.0 Å². The van der Waals surface area contributed by atoms with Crippen LogP contribution in [0.1, 0.15) is 5.56 Å². The van der Waals surface area contributed by atoms with Gasteiger partial charge in [-0.3, -0.25) is 4.68 Å². The third-order valence-electron chi connectivity index (χ3n) is 2.50. The second kappa shape index (κ2) is 4.70. The maximum Gasteiger partial charge on any atom is 0.0582 e. The minimum atomic E-state index is 0.831. The van der Waals surface area contributed by atoms with Crippen molar-refractivity contribution in [2.45, 2.75) is 13.5 Å². The van der Waals surface area contributed by atoms with E-state index in [-0.39, 0.29) is 0 Å². The molecule has 2 rings (SSSR count). The number of nitrogens with zero attached hydrogens (tertiary/aromatic N) is 2. The summed E-state index contributed by atoms with van der Waals surface area (Å²) in [5, 5.41) is 7.47. The van der Waals surface area contributed by atoms with Crippen molar-refractivity contribution in [3.05, 3.63) is 42.2 Å². The molecule has 0 saturated heterocycles. The molecule has 84 valence electrons. The predicted octanol–water partition coefficient (Wildman–Crippen LogP) is 1.89. The molecule has 0 amide bonds. The van der Waals surface area contributed by atoms with Crippen molar-refractivity contribution in [1.29, 1.82) is 0 Å². The van der Waals surface area contributed by atoms with Crippen molar-refractivity contribution in [1.82, 2.24) is 9.78 Å². The molecule has 4 heteroatoms. The maximum absolute atomic E-state index is 5.75. The predicted molar refractivity (Wildman–Crippen MR) is 66.3 cm³/mol. The molecule has 0 bridgehead atoms. The van der Waals surface area contributed by atoms with Gasteiger partial charge in [-0.25, -0.2) is 0 Å². The Kier molecular flexibility index (Phi) is 3.10. The third kappa shape index (κ3) is 2.53. The van der Waals surface area contributed by atoms with Crippen molar-refractivity contribution >= 4 is 11.4 Å². The van der Waals surface area contributed by atoms with Crippen LogP contribution in [0.5, 0.6) is 0 Å².